The van der Waals surface area contributed by atoms with Gasteiger partial charge < -0.3 is 19.6 Å². The molecule has 1 saturated heterocycles. The van der Waals surface area contributed by atoms with Crippen molar-refractivity contribution in [2.45, 2.75) is 26.2 Å². The monoisotopic (exact) mass is 482 g/mol. The Morgan fingerprint density at radius 1 is 1.17 bits per heavy atom. The van der Waals surface area contributed by atoms with Crippen molar-refractivity contribution in [3.05, 3.63) is 83.3 Å². The van der Waals surface area contributed by atoms with Gasteiger partial charge in [0.05, 0.1) is 31.5 Å². The van der Waals surface area contributed by atoms with Crippen LogP contribution in [0.15, 0.2) is 59.2 Å². The van der Waals surface area contributed by atoms with Crippen LogP contribution in [0.25, 0.3) is 0 Å². The third-order valence-electron chi connectivity index (χ3n) is 5.87. The number of amides is 1. The molecule has 2 N–H and O–H groups in total. The molecule has 1 amide bonds. The van der Waals surface area contributed by atoms with Crippen LogP contribution in [0.1, 0.15) is 27.5 Å². The van der Waals surface area contributed by atoms with E-state index < -0.39 is 17.8 Å². The van der Waals surface area contributed by atoms with Gasteiger partial charge in [-0.1, -0.05) is 36.4 Å². The first-order valence-electron chi connectivity index (χ1n) is 11.7. The standard InChI is InChI=1S/C26H31FN4O4/c1-19-7-8-22(27)23(13-19)29-26(33)24-18-35-25(28-24)15-31-11-9-30(10-12-31)14-21(32)17-34-16-20-5-3-2-4-6-20/h2-8,13,18,21,32H,9-12,14-17H2,1H3,(H,29,33)/t21-/m1/s1. The number of benzene rings is 2. The minimum absolute atomic E-state index is 0.109. The Labute approximate surface area is 204 Å². The zero-order chi connectivity index (χ0) is 24.6. The van der Waals surface area contributed by atoms with E-state index in [0.717, 1.165) is 37.3 Å². The smallest absolute Gasteiger partial charge is 0.277 e. The number of carbonyl (C=O) groups excluding carboxylic acids is 1. The maximum Gasteiger partial charge on any atom is 0.277 e. The average Bonchev–Trinajstić information content (AvgIpc) is 3.32. The van der Waals surface area contributed by atoms with E-state index in [1.165, 1.54) is 12.3 Å². The molecule has 0 saturated carbocycles. The Hall–Kier alpha value is -3.11. The number of rotatable bonds is 10. The highest BCUT2D eigenvalue weighted by molar-refractivity contribution is 6.02. The van der Waals surface area contributed by atoms with Gasteiger partial charge in [0, 0.05) is 32.7 Å². The molecule has 8 nitrogen and oxygen atoms in total. The average molecular weight is 483 g/mol. The van der Waals surface area contributed by atoms with Crippen molar-refractivity contribution in [1.29, 1.82) is 0 Å². The number of aromatic nitrogens is 1. The van der Waals surface area contributed by atoms with Crippen LogP contribution in [0.4, 0.5) is 10.1 Å². The number of piperazine rings is 1. The molecule has 35 heavy (non-hydrogen) atoms. The number of β-amino-alcohol motifs (C(OH)–C–C–N with tert-alkyl or cyclic N) is 1. The Balaban J connectivity index is 1.17. The largest absolute Gasteiger partial charge is 0.447 e. The van der Waals surface area contributed by atoms with E-state index in [9.17, 15) is 14.3 Å². The molecule has 0 unspecified atom stereocenters. The zero-order valence-electron chi connectivity index (χ0n) is 19.8. The van der Waals surface area contributed by atoms with Gasteiger partial charge in [-0.25, -0.2) is 9.37 Å². The predicted octanol–water partition coefficient (Wildman–Crippen LogP) is 3.07. The number of ether oxygens (including phenoxy) is 1. The predicted molar refractivity (Wildman–Crippen MR) is 129 cm³/mol. The first-order valence-corrected chi connectivity index (χ1v) is 11.7. The molecule has 0 radical (unpaired) electrons. The lowest BCUT2D eigenvalue weighted by molar-refractivity contribution is 0.000371. The molecule has 1 aliphatic rings. The molecule has 1 atom stereocenters. The van der Waals surface area contributed by atoms with Crippen molar-refractivity contribution >= 4 is 11.6 Å². The molecule has 186 valence electrons. The lowest BCUT2D eigenvalue weighted by Gasteiger charge is -2.34. The van der Waals surface area contributed by atoms with Crippen molar-refractivity contribution in [1.82, 2.24) is 14.8 Å². The summed E-state index contributed by atoms with van der Waals surface area (Å²) in [5.41, 5.74) is 2.15. The molecule has 1 aliphatic heterocycles. The second-order valence-corrected chi connectivity index (χ2v) is 8.80. The number of oxazole rings is 1. The lowest BCUT2D eigenvalue weighted by Crippen LogP contribution is -2.48. The van der Waals surface area contributed by atoms with Crippen LogP contribution in [-0.2, 0) is 17.9 Å². The number of aliphatic hydroxyl groups excluding tert-OH is 1. The van der Waals surface area contributed by atoms with E-state index in [4.69, 9.17) is 9.15 Å². The number of nitrogens with zero attached hydrogens (tertiary/aromatic N) is 3. The highest BCUT2D eigenvalue weighted by atomic mass is 19.1. The van der Waals surface area contributed by atoms with Gasteiger partial charge in [-0.2, -0.15) is 0 Å². The fourth-order valence-corrected chi connectivity index (χ4v) is 3.97. The van der Waals surface area contributed by atoms with Crippen LogP contribution in [0.5, 0.6) is 0 Å². The van der Waals surface area contributed by atoms with Crippen molar-refractivity contribution in [3.63, 3.8) is 0 Å². The van der Waals surface area contributed by atoms with Gasteiger partial charge >= 0.3 is 0 Å². The molecule has 4 rings (SSSR count). The van der Waals surface area contributed by atoms with E-state index in [0.29, 0.717) is 32.2 Å². The summed E-state index contributed by atoms with van der Waals surface area (Å²) in [6.45, 7) is 6.82. The SMILES string of the molecule is Cc1ccc(F)c(NC(=O)c2coc(CN3CCN(C[C@@H](O)COCc4ccccc4)CC3)n2)c1. The molecule has 0 spiro atoms. The number of hydrogen-bond acceptors (Lipinski definition) is 7. The Morgan fingerprint density at radius 2 is 1.91 bits per heavy atom. The molecular weight excluding hydrogens is 451 g/mol. The minimum atomic E-state index is -0.545. The number of nitrogens with one attached hydrogen (secondary N) is 1. The van der Waals surface area contributed by atoms with E-state index in [1.54, 1.807) is 12.1 Å². The van der Waals surface area contributed by atoms with Crippen LogP contribution >= 0.6 is 0 Å². The Morgan fingerprint density at radius 3 is 2.69 bits per heavy atom. The van der Waals surface area contributed by atoms with Crippen LogP contribution in [-0.4, -0.2) is 71.2 Å². The van der Waals surface area contributed by atoms with Crippen molar-refractivity contribution in [2.75, 3.05) is 44.6 Å². The Kier molecular flexibility index (Phi) is 8.59. The maximum absolute atomic E-state index is 13.9. The topological polar surface area (TPSA) is 91.1 Å². The van der Waals surface area contributed by atoms with Gasteiger partial charge in [0.25, 0.3) is 5.91 Å². The van der Waals surface area contributed by atoms with Gasteiger partial charge in [0.15, 0.2) is 5.69 Å². The number of anilines is 1. The molecule has 0 bridgehead atoms. The van der Waals surface area contributed by atoms with Crippen LogP contribution in [0, 0.1) is 12.7 Å². The second kappa shape index (κ2) is 12.0. The summed E-state index contributed by atoms with van der Waals surface area (Å²) in [7, 11) is 0. The molecule has 2 aromatic carbocycles. The van der Waals surface area contributed by atoms with E-state index in [1.807, 2.05) is 37.3 Å². The fourth-order valence-electron chi connectivity index (χ4n) is 3.97. The number of carbonyl (C=O) groups is 1. The van der Waals surface area contributed by atoms with Crippen molar-refractivity contribution in [3.8, 4) is 0 Å². The first kappa shape index (κ1) is 25.0. The summed E-state index contributed by atoms with van der Waals surface area (Å²) in [5.74, 6) is -0.584. The maximum atomic E-state index is 13.9. The van der Waals surface area contributed by atoms with Crippen LogP contribution in [0.3, 0.4) is 0 Å². The minimum Gasteiger partial charge on any atom is -0.447 e. The molecule has 0 aliphatic carbocycles. The highest BCUT2D eigenvalue weighted by Crippen LogP contribution is 2.17. The normalized spacial score (nSPS) is 15.7. The van der Waals surface area contributed by atoms with Crippen molar-refractivity contribution in [2.24, 2.45) is 0 Å². The fraction of sp³-hybridized carbons (Fsp3) is 0.385. The van der Waals surface area contributed by atoms with Crippen LogP contribution < -0.4 is 5.32 Å². The molecule has 2 heterocycles. The number of aliphatic hydroxyl groups is 1. The molecule has 3 aromatic rings. The molecule has 1 fully saturated rings. The molecule has 9 heteroatoms. The highest BCUT2D eigenvalue weighted by Gasteiger charge is 2.22. The van der Waals surface area contributed by atoms with Gasteiger partial charge in [-0.05, 0) is 30.2 Å². The number of halogens is 1. The van der Waals surface area contributed by atoms with Gasteiger partial charge in [0.2, 0.25) is 5.89 Å². The zero-order valence-corrected chi connectivity index (χ0v) is 19.8. The summed E-state index contributed by atoms with van der Waals surface area (Å²) in [6, 6.07) is 14.4. The quantitative estimate of drug-likeness (QED) is 0.459. The van der Waals surface area contributed by atoms with E-state index in [-0.39, 0.29) is 11.4 Å². The summed E-state index contributed by atoms with van der Waals surface area (Å²) < 4.78 is 25.0. The first-order chi connectivity index (χ1) is 17.0. The second-order valence-electron chi connectivity index (χ2n) is 8.80. The Bertz CT molecular complexity index is 1100. The van der Waals surface area contributed by atoms with Gasteiger partial charge in [-0.3, -0.25) is 14.6 Å². The van der Waals surface area contributed by atoms with Crippen LogP contribution in [0.2, 0.25) is 0 Å². The van der Waals surface area contributed by atoms with Crippen molar-refractivity contribution < 1.29 is 23.4 Å². The van der Waals surface area contributed by atoms with Gasteiger partial charge in [0.1, 0.15) is 12.1 Å². The number of hydrogen-bond donors (Lipinski definition) is 2. The summed E-state index contributed by atoms with van der Waals surface area (Å²) in [5, 5.41) is 12.8. The summed E-state index contributed by atoms with van der Waals surface area (Å²) in [4.78, 5) is 21.1. The summed E-state index contributed by atoms with van der Waals surface area (Å²) >= 11 is 0. The van der Waals surface area contributed by atoms with E-state index in [2.05, 4.69) is 20.1 Å². The summed E-state index contributed by atoms with van der Waals surface area (Å²) in [6.07, 6.45) is 0.747. The third-order valence-corrected chi connectivity index (χ3v) is 5.87. The molecule has 1 aromatic heterocycles. The number of aryl methyl sites for hydroxylation is 1. The lowest BCUT2D eigenvalue weighted by atomic mass is 10.2. The van der Waals surface area contributed by atoms with E-state index >= 15 is 0 Å². The molecular formula is C26H31FN4O4. The third kappa shape index (κ3) is 7.43. The van der Waals surface area contributed by atoms with Gasteiger partial charge in [-0.15, -0.1) is 0 Å².